The summed E-state index contributed by atoms with van der Waals surface area (Å²) < 4.78 is 6.74. The lowest BCUT2D eigenvalue weighted by Gasteiger charge is -2.07. The van der Waals surface area contributed by atoms with Crippen LogP contribution >= 0.6 is 15.9 Å². The van der Waals surface area contributed by atoms with Crippen LogP contribution in [0.15, 0.2) is 53.0 Å². The number of benzene rings is 2. The van der Waals surface area contributed by atoms with Crippen LogP contribution in [0, 0.1) is 0 Å². The Bertz CT molecular complexity index is 789. The molecule has 0 radical (unpaired) electrons. The van der Waals surface area contributed by atoms with Gasteiger partial charge in [0.15, 0.2) is 5.82 Å². The van der Waals surface area contributed by atoms with Crippen molar-refractivity contribution in [3.8, 4) is 11.6 Å². The highest BCUT2D eigenvalue weighted by Crippen LogP contribution is 2.27. The van der Waals surface area contributed by atoms with Gasteiger partial charge in [-0.2, -0.15) is 4.98 Å². The molecule has 1 aromatic heterocycles. The molecule has 20 heavy (non-hydrogen) atoms. The van der Waals surface area contributed by atoms with E-state index in [1.807, 2.05) is 30.3 Å². The Labute approximate surface area is 124 Å². The Morgan fingerprint density at radius 3 is 2.45 bits per heavy atom. The molecule has 0 fully saturated rings. The van der Waals surface area contributed by atoms with Crippen molar-refractivity contribution in [2.75, 3.05) is 11.5 Å². The predicted octanol–water partition coefficient (Wildman–Crippen LogP) is 3.95. The molecule has 100 valence electrons. The molecular weight excluding hydrogens is 318 g/mol. The smallest absolute Gasteiger partial charge is 0.221 e. The summed E-state index contributed by atoms with van der Waals surface area (Å²) in [4.78, 5) is 4.09. The van der Waals surface area contributed by atoms with E-state index in [1.165, 1.54) is 0 Å². The summed E-state index contributed by atoms with van der Waals surface area (Å²) in [5.74, 6) is 1.40. The lowest BCUT2D eigenvalue weighted by atomic mass is 10.1. The van der Waals surface area contributed by atoms with Crippen molar-refractivity contribution in [2.45, 2.75) is 0 Å². The second-order valence-electron chi connectivity index (χ2n) is 4.38. The molecule has 0 saturated heterocycles. The molecule has 0 aliphatic heterocycles. The molecule has 3 aromatic rings. The van der Waals surface area contributed by atoms with Gasteiger partial charge in [-0.1, -0.05) is 28.1 Å². The summed E-state index contributed by atoms with van der Waals surface area (Å²) >= 11 is 3.45. The summed E-state index contributed by atoms with van der Waals surface area (Å²) in [6.45, 7) is 0. The Kier molecular flexibility index (Phi) is 3.20. The number of fused-ring (bicyclic) bond motifs is 1. The molecule has 0 bridgehead atoms. The quantitative estimate of drug-likeness (QED) is 0.746. The van der Waals surface area contributed by atoms with Crippen LogP contribution in [0.1, 0.15) is 0 Å². The van der Waals surface area contributed by atoms with Gasteiger partial charge in [-0.3, -0.25) is 0 Å². The van der Waals surface area contributed by atoms with Crippen molar-refractivity contribution in [1.29, 1.82) is 0 Å². The van der Waals surface area contributed by atoms with Gasteiger partial charge in [-0.25, -0.2) is 0 Å². The van der Waals surface area contributed by atoms with E-state index in [0.717, 1.165) is 15.2 Å². The number of halogens is 1. The largest absolute Gasteiger partial charge is 0.439 e. The predicted molar refractivity (Wildman–Crippen MR) is 84.8 cm³/mol. The number of hydrogen-bond donors (Lipinski definition) is 2. The Hall–Kier alpha value is -2.27. The maximum atomic E-state index is 5.69. The zero-order valence-corrected chi connectivity index (χ0v) is 12.1. The second kappa shape index (κ2) is 5.02. The Morgan fingerprint density at radius 1 is 0.900 bits per heavy atom. The molecule has 0 aliphatic rings. The lowest BCUT2D eigenvalue weighted by molar-refractivity contribution is 0.465. The molecule has 5 heteroatoms. The highest BCUT2D eigenvalue weighted by atomic mass is 79.9. The fraction of sp³-hybridized carbons (Fsp3) is 0. The maximum absolute atomic E-state index is 5.69. The summed E-state index contributed by atoms with van der Waals surface area (Å²) in [5.41, 5.74) is 11.7. The minimum absolute atomic E-state index is 0.271. The SMILES string of the molecule is Nc1ccc(Oc2ccc3cc(Br)ccc3c2)nc1N. The zero-order valence-electron chi connectivity index (χ0n) is 10.5. The van der Waals surface area contributed by atoms with Crippen LogP contribution in [0.25, 0.3) is 10.8 Å². The van der Waals surface area contributed by atoms with Gasteiger partial charge in [0.05, 0.1) is 5.69 Å². The fourth-order valence-electron chi connectivity index (χ4n) is 1.90. The molecule has 2 aromatic carbocycles. The van der Waals surface area contributed by atoms with Gasteiger partial charge in [-0.05, 0) is 41.1 Å². The number of aromatic nitrogens is 1. The van der Waals surface area contributed by atoms with E-state index < -0.39 is 0 Å². The molecule has 0 spiro atoms. The molecule has 0 unspecified atom stereocenters. The van der Waals surface area contributed by atoms with E-state index in [0.29, 0.717) is 17.3 Å². The van der Waals surface area contributed by atoms with Crippen molar-refractivity contribution >= 4 is 38.2 Å². The van der Waals surface area contributed by atoms with Gasteiger partial charge < -0.3 is 16.2 Å². The summed E-state index contributed by atoms with van der Waals surface area (Å²) in [5, 5.41) is 2.23. The molecular formula is C15H12BrN3O. The first kappa shape index (κ1) is 12.7. The number of ether oxygens (including phenoxy) is 1. The molecule has 4 nitrogen and oxygen atoms in total. The van der Waals surface area contributed by atoms with Crippen LogP contribution < -0.4 is 16.2 Å². The van der Waals surface area contributed by atoms with Crippen LogP contribution in [0.3, 0.4) is 0 Å². The highest BCUT2D eigenvalue weighted by molar-refractivity contribution is 9.10. The topological polar surface area (TPSA) is 74.2 Å². The lowest BCUT2D eigenvalue weighted by Crippen LogP contribution is -1.98. The minimum Gasteiger partial charge on any atom is -0.439 e. The molecule has 4 N–H and O–H groups in total. The highest BCUT2D eigenvalue weighted by Gasteiger charge is 2.03. The number of nitrogen functional groups attached to an aromatic ring is 2. The number of rotatable bonds is 2. The van der Waals surface area contributed by atoms with Gasteiger partial charge >= 0.3 is 0 Å². The number of nitrogens with two attached hydrogens (primary N) is 2. The van der Waals surface area contributed by atoms with E-state index in [2.05, 4.69) is 27.0 Å². The van der Waals surface area contributed by atoms with Gasteiger partial charge in [0.25, 0.3) is 0 Å². The third-order valence-electron chi connectivity index (χ3n) is 2.93. The third kappa shape index (κ3) is 2.53. The number of pyridine rings is 1. The van der Waals surface area contributed by atoms with E-state index >= 15 is 0 Å². The molecule has 1 heterocycles. The van der Waals surface area contributed by atoms with Crippen molar-refractivity contribution in [3.05, 3.63) is 53.0 Å². The van der Waals surface area contributed by atoms with E-state index in [4.69, 9.17) is 16.2 Å². The van der Waals surface area contributed by atoms with E-state index in [-0.39, 0.29) is 5.82 Å². The number of anilines is 2. The van der Waals surface area contributed by atoms with E-state index in [9.17, 15) is 0 Å². The zero-order chi connectivity index (χ0) is 14.1. The average molecular weight is 330 g/mol. The normalized spacial score (nSPS) is 10.7. The second-order valence-corrected chi connectivity index (χ2v) is 5.29. The van der Waals surface area contributed by atoms with Crippen LogP contribution in [0.5, 0.6) is 11.6 Å². The maximum Gasteiger partial charge on any atom is 0.221 e. The third-order valence-corrected chi connectivity index (χ3v) is 3.42. The van der Waals surface area contributed by atoms with Gasteiger partial charge in [0.2, 0.25) is 5.88 Å². The fourth-order valence-corrected chi connectivity index (χ4v) is 2.28. The summed E-state index contributed by atoms with van der Waals surface area (Å²) in [7, 11) is 0. The first-order chi connectivity index (χ1) is 9.61. The molecule has 0 amide bonds. The molecule has 3 rings (SSSR count). The van der Waals surface area contributed by atoms with Crippen molar-refractivity contribution in [1.82, 2.24) is 4.98 Å². The van der Waals surface area contributed by atoms with Crippen molar-refractivity contribution in [2.24, 2.45) is 0 Å². The van der Waals surface area contributed by atoms with Gasteiger partial charge in [-0.15, -0.1) is 0 Å². The van der Waals surface area contributed by atoms with Crippen LogP contribution in [-0.2, 0) is 0 Å². The van der Waals surface area contributed by atoms with Gasteiger partial charge in [0, 0.05) is 10.5 Å². The average Bonchev–Trinajstić information content (AvgIpc) is 2.43. The van der Waals surface area contributed by atoms with E-state index in [1.54, 1.807) is 12.1 Å². The monoisotopic (exact) mass is 329 g/mol. The summed E-state index contributed by atoms with van der Waals surface area (Å²) in [6, 6.07) is 15.3. The number of nitrogens with zero attached hydrogens (tertiary/aromatic N) is 1. The number of hydrogen-bond acceptors (Lipinski definition) is 4. The first-order valence-corrected chi connectivity index (χ1v) is 6.80. The van der Waals surface area contributed by atoms with Gasteiger partial charge in [0.1, 0.15) is 5.75 Å². The molecule has 0 aliphatic carbocycles. The van der Waals surface area contributed by atoms with Crippen LogP contribution in [0.4, 0.5) is 11.5 Å². The minimum atomic E-state index is 0.271. The van der Waals surface area contributed by atoms with Crippen molar-refractivity contribution in [3.63, 3.8) is 0 Å². The standard InChI is InChI=1S/C15H12BrN3O/c16-11-3-1-10-8-12(4-2-9(10)7-11)20-14-6-5-13(17)15(18)19-14/h1-8H,17H2,(H2,18,19). The Morgan fingerprint density at radius 2 is 1.65 bits per heavy atom. The Balaban J connectivity index is 1.94. The van der Waals surface area contributed by atoms with Crippen molar-refractivity contribution < 1.29 is 4.74 Å². The van der Waals surface area contributed by atoms with Crippen LogP contribution in [-0.4, -0.2) is 4.98 Å². The van der Waals surface area contributed by atoms with Crippen LogP contribution in [0.2, 0.25) is 0 Å². The molecule has 0 saturated carbocycles. The first-order valence-electron chi connectivity index (χ1n) is 6.01. The summed E-state index contributed by atoms with van der Waals surface area (Å²) in [6.07, 6.45) is 0. The molecule has 0 atom stereocenters.